The zero-order valence-electron chi connectivity index (χ0n) is 19.1. The smallest absolute Gasteiger partial charge is 0.330 e. The predicted octanol–water partition coefficient (Wildman–Crippen LogP) is 6.14. The van der Waals surface area contributed by atoms with Crippen LogP contribution in [-0.2, 0) is 14.3 Å². The Hall–Kier alpha value is -2.85. The number of phenols is 1. The summed E-state index contributed by atoms with van der Waals surface area (Å²) in [5.74, 6) is -0.0923. The van der Waals surface area contributed by atoms with Gasteiger partial charge in [0.15, 0.2) is 0 Å². The molecule has 31 heavy (non-hydrogen) atoms. The van der Waals surface area contributed by atoms with Crippen molar-refractivity contribution in [2.75, 3.05) is 6.61 Å². The number of esters is 1. The second kappa shape index (κ2) is 9.11. The SMILES string of the molecule is CCOC(=O)C=Cc1ccc(C(=C2CC(C)(C)OC(C)(C)C2)c2ccc(O)cc2)cc1. The number of phenolic OH excluding ortho intramolecular Hbond substituents is 1. The van der Waals surface area contributed by atoms with Gasteiger partial charge in [-0.15, -0.1) is 0 Å². The summed E-state index contributed by atoms with van der Waals surface area (Å²) >= 11 is 0. The molecule has 1 saturated heterocycles. The van der Waals surface area contributed by atoms with E-state index in [9.17, 15) is 9.90 Å². The first kappa shape index (κ1) is 22.8. The average molecular weight is 421 g/mol. The third-order valence-corrected chi connectivity index (χ3v) is 5.24. The van der Waals surface area contributed by atoms with Crippen molar-refractivity contribution in [2.24, 2.45) is 0 Å². The zero-order valence-corrected chi connectivity index (χ0v) is 19.1. The molecule has 0 atom stereocenters. The van der Waals surface area contributed by atoms with Gasteiger partial charge in [0, 0.05) is 6.08 Å². The highest BCUT2D eigenvalue weighted by molar-refractivity contribution is 5.87. The van der Waals surface area contributed by atoms with Gasteiger partial charge in [-0.25, -0.2) is 4.79 Å². The van der Waals surface area contributed by atoms with E-state index in [1.807, 2.05) is 24.3 Å². The van der Waals surface area contributed by atoms with Crippen molar-refractivity contribution < 1.29 is 19.4 Å². The van der Waals surface area contributed by atoms with E-state index in [1.165, 1.54) is 17.2 Å². The van der Waals surface area contributed by atoms with E-state index in [0.29, 0.717) is 6.61 Å². The number of hydrogen-bond donors (Lipinski definition) is 1. The lowest BCUT2D eigenvalue weighted by Crippen LogP contribution is -2.42. The number of carbonyl (C=O) groups excluding carboxylic acids is 1. The van der Waals surface area contributed by atoms with Gasteiger partial charge in [0.1, 0.15) is 5.75 Å². The highest BCUT2D eigenvalue weighted by Gasteiger charge is 2.37. The minimum atomic E-state index is -0.342. The Morgan fingerprint density at radius 2 is 1.48 bits per heavy atom. The van der Waals surface area contributed by atoms with Crippen LogP contribution in [0.4, 0.5) is 0 Å². The fourth-order valence-corrected chi connectivity index (χ4v) is 4.41. The average Bonchev–Trinajstić information content (AvgIpc) is 2.67. The van der Waals surface area contributed by atoms with Crippen LogP contribution in [0.1, 0.15) is 64.2 Å². The number of benzene rings is 2. The molecule has 0 aromatic heterocycles. The zero-order chi connectivity index (χ0) is 22.6. The third-order valence-electron chi connectivity index (χ3n) is 5.24. The molecule has 164 valence electrons. The van der Waals surface area contributed by atoms with Gasteiger partial charge in [-0.2, -0.15) is 0 Å². The van der Waals surface area contributed by atoms with Crippen LogP contribution < -0.4 is 0 Å². The minimum Gasteiger partial charge on any atom is -0.508 e. The van der Waals surface area contributed by atoms with Crippen molar-refractivity contribution in [3.63, 3.8) is 0 Å². The maximum atomic E-state index is 11.6. The van der Waals surface area contributed by atoms with Crippen LogP contribution in [0.2, 0.25) is 0 Å². The van der Waals surface area contributed by atoms with E-state index in [4.69, 9.17) is 9.47 Å². The van der Waals surface area contributed by atoms with Crippen LogP contribution >= 0.6 is 0 Å². The first-order valence-corrected chi connectivity index (χ1v) is 10.8. The normalized spacial score (nSPS) is 17.5. The summed E-state index contributed by atoms with van der Waals surface area (Å²) in [5, 5.41) is 9.78. The molecule has 0 unspecified atom stereocenters. The van der Waals surface area contributed by atoms with Crippen LogP contribution in [0.15, 0.2) is 60.2 Å². The standard InChI is InChI=1S/C27H32O4/c1-6-30-24(29)16-9-19-7-10-20(11-8-19)25(21-12-14-23(28)15-13-21)22-17-26(2,3)31-27(4,5)18-22/h7-16,28H,6,17-18H2,1-5H3. The van der Waals surface area contributed by atoms with Gasteiger partial charge in [-0.3, -0.25) is 0 Å². The summed E-state index contributed by atoms with van der Waals surface area (Å²) in [4.78, 5) is 11.6. The molecule has 0 bridgehead atoms. The van der Waals surface area contributed by atoms with Gasteiger partial charge in [0.2, 0.25) is 0 Å². The molecule has 2 aromatic carbocycles. The second-order valence-corrected chi connectivity index (χ2v) is 9.21. The Kier molecular flexibility index (Phi) is 6.71. The molecule has 1 N–H and O–H groups in total. The largest absolute Gasteiger partial charge is 0.508 e. The van der Waals surface area contributed by atoms with Crippen LogP contribution in [0.5, 0.6) is 5.75 Å². The van der Waals surface area contributed by atoms with E-state index < -0.39 is 0 Å². The molecule has 4 heteroatoms. The van der Waals surface area contributed by atoms with E-state index in [2.05, 4.69) is 39.8 Å². The van der Waals surface area contributed by atoms with Gasteiger partial charge in [0.25, 0.3) is 0 Å². The highest BCUT2D eigenvalue weighted by atomic mass is 16.5. The molecular formula is C27H32O4. The summed E-state index contributed by atoms with van der Waals surface area (Å²) in [6.45, 7) is 10.7. The van der Waals surface area contributed by atoms with Crippen LogP contribution in [0.3, 0.4) is 0 Å². The molecule has 0 radical (unpaired) electrons. The number of carbonyl (C=O) groups is 1. The quantitative estimate of drug-likeness (QED) is 0.466. The summed E-state index contributed by atoms with van der Waals surface area (Å²) < 4.78 is 11.2. The monoisotopic (exact) mass is 420 g/mol. The lowest BCUT2D eigenvalue weighted by atomic mass is 9.79. The number of rotatable bonds is 5. The molecule has 1 aliphatic heterocycles. The lowest BCUT2D eigenvalue weighted by molar-refractivity contribution is -0.139. The summed E-state index contributed by atoms with van der Waals surface area (Å²) in [7, 11) is 0. The van der Waals surface area contributed by atoms with Crippen LogP contribution in [0, 0.1) is 0 Å². The van der Waals surface area contributed by atoms with Crippen LogP contribution in [-0.4, -0.2) is 28.9 Å². The van der Waals surface area contributed by atoms with E-state index in [-0.39, 0.29) is 22.9 Å². The summed E-state index contributed by atoms with van der Waals surface area (Å²) in [5.41, 5.74) is 5.08. The Labute approximate surface area is 185 Å². The first-order valence-electron chi connectivity index (χ1n) is 10.8. The molecule has 1 fully saturated rings. The number of ether oxygens (including phenoxy) is 2. The number of aromatic hydroxyl groups is 1. The molecule has 1 aliphatic rings. The van der Waals surface area contributed by atoms with Crippen molar-refractivity contribution in [3.8, 4) is 5.75 Å². The fourth-order valence-electron chi connectivity index (χ4n) is 4.41. The molecule has 0 aliphatic carbocycles. The Morgan fingerprint density at radius 1 is 0.968 bits per heavy atom. The molecule has 0 spiro atoms. The van der Waals surface area contributed by atoms with Crippen molar-refractivity contribution in [1.82, 2.24) is 0 Å². The van der Waals surface area contributed by atoms with Gasteiger partial charge >= 0.3 is 5.97 Å². The number of hydrogen-bond acceptors (Lipinski definition) is 4. The van der Waals surface area contributed by atoms with Crippen molar-refractivity contribution >= 4 is 17.6 Å². The molecule has 1 heterocycles. The maximum Gasteiger partial charge on any atom is 0.330 e. The lowest BCUT2D eigenvalue weighted by Gasteiger charge is -2.43. The van der Waals surface area contributed by atoms with Gasteiger partial charge in [-0.05, 0) is 87.9 Å². The molecular weight excluding hydrogens is 388 g/mol. The minimum absolute atomic E-state index is 0.250. The predicted molar refractivity (Wildman–Crippen MR) is 125 cm³/mol. The third kappa shape index (κ3) is 6.08. The Bertz CT molecular complexity index is 959. The molecule has 0 saturated carbocycles. The van der Waals surface area contributed by atoms with Gasteiger partial charge in [0.05, 0.1) is 17.8 Å². The summed E-state index contributed by atoms with van der Waals surface area (Å²) in [6.07, 6.45) is 4.87. The van der Waals surface area contributed by atoms with Gasteiger partial charge < -0.3 is 14.6 Å². The summed E-state index contributed by atoms with van der Waals surface area (Å²) in [6, 6.07) is 15.5. The molecule has 2 aromatic rings. The first-order chi connectivity index (χ1) is 14.6. The highest BCUT2D eigenvalue weighted by Crippen LogP contribution is 2.43. The second-order valence-electron chi connectivity index (χ2n) is 9.21. The maximum absolute atomic E-state index is 11.6. The van der Waals surface area contributed by atoms with E-state index in [0.717, 1.165) is 29.5 Å². The van der Waals surface area contributed by atoms with Crippen molar-refractivity contribution in [1.29, 1.82) is 0 Å². The molecule has 4 nitrogen and oxygen atoms in total. The van der Waals surface area contributed by atoms with E-state index >= 15 is 0 Å². The van der Waals surface area contributed by atoms with Crippen molar-refractivity contribution in [2.45, 2.75) is 58.7 Å². The van der Waals surface area contributed by atoms with E-state index in [1.54, 1.807) is 25.1 Å². The van der Waals surface area contributed by atoms with Crippen molar-refractivity contribution in [3.05, 3.63) is 76.9 Å². The Morgan fingerprint density at radius 3 is 2.00 bits per heavy atom. The van der Waals surface area contributed by atoms with Crippen LogP contribution in [0.25, 0.3) is 11.6 Å². The fraction of sp³-hybridized carbons (Fsp3) is 0.370. The Balaban J connectivity index is 2.03. The van der Waals surface area contributed by atoms with Gasteiger partial charge in [-0.1, -0.05) is 42.0 Å². The topological polar surface area (TPSA) is 55.8 Å². The molecule has 3 rings (SSSR count). The molecule has 0 amide bonds.